The van der Waals surface area contributed by atoms with Gasteiger partial charge in [-0.25, -0.2) is 0 Å². The molecule has 1 rings (SSSR count). The van der Waals surface area contributed by atoms with Crippen LogP contribution in [0.15, 0.2) is 18.2 Å². The molecule has 0 heterocycles. The minimum absolute atomic E-state index is 0.236. The number of methoxy groups -OCH3 is 3. The van der Waals surface area contributed by atoms with Crippen LogP contribution in [0.3, 0.4) is 0 Å². The van der Waals surface area contributed by atoms with Crippen molar-refractivity contribution in [3.05, 3.63) is 30.9 Å². The van der Waals surface area contributed by atoms with Crippen molar-refractivity contribution in [1.29, 1.82) is 0 Å². The molecule has 0 aliphatic rings. The van der Waals surface area contributed by atoms with E-state index in [0.717, 1.165) is 12.7 Å². The molecular weight excluding hydrogens is 474 g/mol. The molecule has 0 fully saturated rings. The number of carbonyl (C=O) groups is 1. The van der Waals surface area contributed by atoms with Crippen LogP contribution in [0.5, 0.6) is 0 Å². The van der Waals surface area contributed by atoms with Crippen LogP contribution < -0.4 is 0 Å². The second-order valence-electron chi connectivity index (χ2n) is 3.86. The van der Waals surface area contributed by atoms with E-state index in [1.807, 2.05) is 18.2 Å². The Hall–Kier alpha value is 0.0700. The Labute approximate surface area is 140 Å². The SMILES string of the molecule is COC(=O)CCC(OC)(OC)c1cc(I)ccc1I. The van der Waals surface area contributed by atoms with Gasteiger partial charge in [-0.05, 0) is 63.4 Å². The van der Waals surface area contributed by atoms with Gasteiger partial charge in [0.2, 0.25) is 0 Å². The number of carbonyl (C=O) groups excluding carboxylic acids is 1. The van der Waals surface area contributed by atoms with Crippen LogP contribution in [-0.2, 0) is 24.8 Å². The first-order valence-corrected chi connectivity index (χ1v) is 7.77. The molecule has 0 radical (unpaired) electrons. The summed E-state index contributed by atoms with van der Waals surface area (Å²) in [5, 5.41) is 0. The molecule has 106 valence electrons. The molecule has 0 saturated carbocycles. The predicted octanol–water partition coefficient (Wildman–Crippen LogP) is 3.29. The van der Waals surface area contributed by atoms with Crippen molar-refractivity contribution >= 4 is 51.2 Å². The quantitative estimate of drug-likeness (QED) is 0.349. The van der Waals surface area contributed by atoms with E-state index >= 15 is 0 Å². The molecule has 0 atom stereocenters. The highest BCUT2D eigenvalue weighted by molar-refractivity contribution is 14.1. The Morgan fingerprint density at radius 2 is 1.84 bits per heavy atom. The number of hydrogen-bond donors (Lipinski definition) is 0. The van der Waals surface area contributed by atoms with Crippen molar-refractivity contribution in [2.45, 2.75) is 18.6 Å². The standard InChI is InChI=1S/C13H16I2O4/c1-17-12(16)6-7-13(18-2,19-3)10-8-9(14)4-5-11(10)15/h4-5,8H,6-7H2,1-3H3. The molecule has 0 amide bonds. The maximum absolute atomic E-state index is 11.3. The third-order valence-electron chi connectivity index (χ3n) is 2.88. The molecule has 0 aromatic heterocycles. The highest BCUT2D eigenvalue weighted by Gasteiger charge is 2.34. The van der Waals surface area contributed by atoms with E-state index in [1.54, 1.807) is 14.2 Å². The highest BCUT2D eigenvalue weighted by atomic mass is 127. The first-order chi connectivity index (χ1) is 8.99. The van der Waals surface area contributed by atoms with Crippen LogP contribution in [0, 0.1) is 7.14 Å². The lowest BCUT2D eigenvalue weighted by molar-refractivity contribution is -0.222. The van der Waals surface area contributed by atoms with Gasteiger partial charge in [-0.3, -0.25) is 4.79 Å². The molecule has 1 aromatic rings. The lowest BCUT2D eigenvalue weighted by atomic mass is 10.0. The number of halogens is 2. The minimum atomic E-state index is -0.925. The Morgan fingerprint density at radius 1 is 1.21 bits per heavy atom. The van der Waals surface area contributed by atoms with Crippen molar-refractivity contribution in [3.8, 4) is 0 Å². The zero-order valence-electron chi connectivity index (χ0n) is 11.0. The third-order valence-corrected chi connectivity index (χ3v) is 4.50. The second-order valence-corrected chi connectivity index (χ2v) is 6.27. The van der Waals surface area contributed by atoms with E-state index < -0.39 is 5.79 Å². The van der Waals surface area contributed by atoms with Gasteiger partial charge in [0.25, 0.3) is 0 Å². The molecule has 0 aliphatic heterocycles. The number of benzene rings is 1. The van der Waals surface area contributed by atoms with Crippen molar-refractivity contribution in [2.75, 3.05) is 21.3 Å². The number of rotatable bonds is 6. The molecule has 6 heteroatoms. The van der Waals surface area contributed by atoms with Gasteiger partial charge in [0.05, 0.1) is 13.5 Å². The summed E-state index contributed by atoms with van der Waals surface area (Å²) in [5.74, 6) is -1.20. The van der Waals surface area contributed by atoms with E-state index in [0.29, 0.717) is 6.42 Å². The number of hydrogen-bond acceptors (Lipinski definition) is 4. The van der Waals surface area contributed by atoms with Crippen LogP contribution in [0.2, 0.25) is 0 Å². The summed E-state index contributed by atoms with van der Waals surface area (Å²) in [5.41, 5.74) is 0.925. The average molecular weight is 490 g/mol. The van der Waals surface area contributed by atoms with Crippen LogP contribution in [0.4, 0.5) is 0 Å². The Kier molecular flexibility index (Phi) is 6.98. The maximum Gasteiger partial charge on any atom is 0.305 e. The van der Waals surface area contributed by atoms with Gasteiger partial charge in [-0.15, -0.1) is 0 Å². The Morgan fingerprint density at radius 3 is 2.37 bits per heavy atom. The monoisotopic (exact) mass is 490 g/mol. The summed E-state index contributed by atoms with van der Waals surface area (Å²) >= 11 is 4.47. The summed E-state index contributed by atoms with van der Waals surface area (Å²) in [4.78, 5) is 11.3. The lowest BCUT2D eigenvalue weighted by Gasteiger charge is -2.32. The molecule has 19 heavy (non-hydrogen) atoms. The number of esters is 1. The second kappa shape index (κ2) is 7.75. The molecule has 0 spiro atoms. The Bertz CT molecular complexity index is 444. The van der Waals surface area contributed by atoms with Gasteiger partial charge >= 0.3 is 5.97 Å². The molecule has 0 bridgehead atoms. The van der Waals surface area contributed by atoms with E-state index in [1.165, 1.54) is 7.11 Å². The van der Waals surface area contributed by atoms with E-state index in [2.05, 4.69) is 49.9 Å². The smallest absolute Gasteiger partial charge is 0.305 e. The van der Waals surface area contributed by atoms with Gasteiger partial charge < -0.3 is 14.2 Å². The van der Waals surface area contributed by atoms with Crippen molar-refractivity contribution in [1.82, 2.24) is 0 Å². The fraction of sp³-hybridized carbons (Fsp3) is 0.462. The van der Waals surface area contributed by atoms with Gasteiger partial charge in [-0.1, -0.05) is 0 Å². The van der Waals surface area contributed by atoms with E-state index in [4.69, 9.17) is 9.47 Å². The van der Waals surface area contributed by atoms with Crippen LogP contribution in [0.25, 0.3) is 0 Å². The summed E-state index contributed by atoms with van der Waals surface area (Å²) < 4.78 is 17.9. The minimum Gasteiger partial charge on any atom is -0.469 e. The van der Waals surface area contributed by atoms with Crippen LogP contribution in [-0.4, -0.2) is 27.3 Å². The van der Waals surface area contributed by atoms with Gasteiger partial charge in [-0.2, -0.15) is 0 Å². The lowest BCUT2D eigenvalue weighted by Crippen LogP contribution is -2.32. The average Bonchev–Trinajstić information content (AvgIpc) is 2.43. The largest absolute Gasteiger partial charge is 0.469 e. The van der Waals surface area contributed by atoms with Gasteiger partial charge in [0, 0.05) is 33.3 Å². The first kappa shape index (κ1) is 17.1. The predicted molar refractivity (Wildman–Crippen MR) is 88.8 cm³/mol. The highest BCUT2D eigenvalue weighted by Crippen LogP contribution is 2.35. The maximum atomic E-state index is 11.3. The van der Waals surface area contributed by atoms with Crippen LogP contribution >= 0.6 is 45.2 Å². The topological polar surface area (TPSA) is 44.8 Å². The zero-order valence-corrected chi connectivity index (χ0v) is 15.4. The molecule has 0 N–H and O–H groups in total. The zero-order chi connectivity index (χ0) is 14.5. The van der Waals surface area contributed by atoms with Gasteiger partial charge in [0.15, 0.2) is 5.79 Å². The third kappa shape index (κ3) is 4.27. The number of ether oxygens (including phenoxy) is 3. The molecule has 0 saturated heterocycles. The Balaban J connectivity index is 3.10. The van der Waals surface area contributed by atoms with E-state index in [9.17, 15) is 4.79 Å². The summed E-state index contributed by atoms with van der Waals surface area (Å²) in [6, 6.07) is 6.03. The molecule has 0 aliphatic carbocycles. The van der Waals surface area contributed by atoms with Crippen molar-refractivity contribution < 1.29 is 19.0 Å². The fourth-order valence-corrected chi connectivity index (χ4v) is 3.04. The summed E-state index contributed by atoms with van der Waals surface area (Å²) in [7, 11) is 4.53. The molecule has 4 nitrogen and oxygen atoms in total. The molecule has 0 unspecified atom stereocenters. The molecular formula is C13H16I2O4. The summed E-state index contributed by atoms with van der Waals surface area (Å²) in [6.45, 7) is 0. The van der Waals surface area contributed by atoms with E-state index in [-0.39, 0.29) is 12.4 Å². The fourth-order valence-electron chi connectivity index (χ4n) is 1.80. The molecule has 1 aromatic carbocycles. The van der Waals surface area contributed by atoms with Crippen molar-refractivity contribution in [2.24, 2.45) is 0 Å². The van der Waals surface area contributed by atoms with Crippen molar-refractivity contribution in [3.63, 3.8) is 0 Å². The van der Waals surface area contributed by atoms with Gasteiger partial charge in [0.1, 0.15) is 0 Å². The first-order valence-electron chi connectivity index (χ1n) is 5.61. The van der Waals surface area contributed by atoms with Crippen LogP contribution in [0.1, 0.15) is 18.4 Å². The summed E-state index contributed by atoms with van der Waals surface area (Å²) in [6.07, 6.45) is 0.641. The normalized spacial score (nSPS) is 11.4.